The highest BCUT2D eigenvalue weighted by Crippen LogP contribution is 2.32. The second-order valence-electron chi connectivity index (χ2n) is 4.45. The van der Waals surface area contributed by atoms with Gasteiger partial charge in [-0.3, -0.25) is 0 Å². The standard InChI is InChI=1S/C14H19NO/c1-3-5-11-8-10-6-4-7-14(16-2)12(10)9-13(11)15/h3-4,6-7,11,13H,1,5,8-9,15H2,2H3. The van der Waals surface area contributed by atoms with Gasteiger partial charge >= 0.3 is 0 Å². The molecule has 0 spiro atoms. The normalized spacial score (nSPS) is 23.6. The molecule has 1 aromatic rings. The van der Waals surface area contributed by atoms with Gasteiger partial charge in [0.05, 0.1) is 7.11 Å². The van der Waals surface area contributed by atoms with E-state index in [2.05, 4.69) is 18.7 Å². The molecule has 2 nitrogen and oxygen atoms in total. The van der Waals surface area contributed by atoms with Crippen LogP contribution in [0.25, 0.3) is 0 Å². The highest BCUT2D eigenvalue weighted by Gasteiger charge is 2.26. The molecule has 0 heterocycles. The summed E-state index contributed by atoms with van der Waals surface area (Å²) in [5, 5.41) is 0. The first-order valence-corrected chi connectivity index (χ1v) is 5.77. The lowest BCUT2D eigenvalue weighted by molar-refractivity contribution is 0.371. The second-order valence-corrected chi connectivity index (χ2v) is 4.45. The fourth-order valence-corrected chi connectivity index (χ4v) is 2.53. The average Bonchev–Trinajstić information content (AvgIpc) is 2.30. The molecule has 0 saturated heterocycles. The van der Waals surface area contributed by atoms with E-state index in [1.165, 1.54) is 11.1 Å². The molecular formula is C14H19NO. The third kappa shape index (κ3) is 1.98. The van der Waals surface area contributed by atoms with Gasteiger partial charge in [-0.05, 0) is 42.4 Å². The molecule has 2 rings (SSSR count). The molecule has 2 atom stereocenters. The van der Waals surface area contributed by atoms with Crippen molar-refractivity contribution in [1.29, 1.82) is 0 Å². The predicted molar refractivity (Wildman–Crippen MR) is 66.7 cm³/mol. The summed E-state index contributed by atoms with van der Waals surface area (Å²) in [6, 6.07) is 6.47. The molecule has 1 aliphatic carbocycles. The Hall–Kier alpha value is -1.28. The number of methoxy groups -OCH3 is 1. The highest BCUT2D eigenvalue weighted by molar-refractivity contribution is 5.43. The van der Waals surface area contributed by atoms with Crippen LogP contribution in [0.1, 0.15) is 17.5 Å². The Morgan fingerprint density at radius 1 is 1.50 bits per heavy atom. The van der Waals surface area contributed by atoms with Gasteiger partial charge in [-0.1, -0.05) is 18.2 Å². The quantitative estimate of drug-likeness (QED) is 0.789. The Bertz CT molecular complexity index is 386. The molecule has 0 aliphatic heterocycles. The lowest BCUT2D eigenvalue weighted by Gasteiger charge is -2.30. The molecule has 1 aliphatic rings. The number of hydrogen-bond donors (Lipinski definition) is 1. The van der Waals surface area contributed by atoms with Gasteiger partial charge in [0.1, 0.15) is 5.75 Å². The molecule has 2 unspecified atom stereocenters. The Morgan fingerprint density at radius 2 is 2.31 bits per heavy atom. The summed E-state index contributed by atoms with van der Waals surface area (Å²) in [6.07, 6.45) is 4.92. The minimum atomic E-state index is 0.224. The van der Waals surface area contributed by atoms with Crippen molar-refractivity contribution in [2.24, 2.45) is 11.7 Å². The van der Waals surface area contributed by atoms with Crippen molar-refractivity contribution in [3.05, 3.63) is 42.0 Å². The van der Waals surface area contributed by atoms with Gasteiger partial charge in [-0.15, -0.1) is 6.58 Å². The van der Waals surface area contributed by atoms with Crippen molar-refractivity contribution in [3.63, 3.8) is 0 Å². The number of allylic oxidation sites excluding steroid dienone is 1. The van der Waals surface area contributed by atoms with Gasteiger partial charge in [-0.25, -0.2) is 0 Å². The van der Waals surface area contributed by atoms with Gasteiger partial charge in [-0.2, -0.15) is 0 Å². The van der Waals surface area contributed by atoms with Gasteiger partial charge in [0.2, 0.25) is 0 Å². The van der Waals surface area contributed by atoms with E-state index in [0.29, 0.717) is 5.92 Å². The van der Waals surface area contributed by atoms with E-state index < -0.39 is 0 Å². The van der Waals surface area contributed by atoms with Gasteiger partial charge in [0, 0.05) is 6.04 Å². The number of benzene rings is 1. The number of fused-ring (bicyclic) bond motifs is 1. The van der Waals surface area contributed by atoms with E-state index in [-0.39, 0.29) is 6.04 Å². The van der Waals surface area contributed by atoms with Gasteiger partial charge in [0.15, 0.2) is 0 Å². The lowest BCUT2D eigenvalue weighted by Crippen LogP contribution is -2.37. The van der Waals surface area contributed by atoms with Gasteiger partial charge in [0.25, 0.3) is 0 Å². The van der Waals surface area contributed by atoms with E-state index >= 15 is 0 Å². The number of hydrogen-bond acceptors (Lipinski definition) is 2. The summed E-state index contributed by atoms with van der Waals surface area (Å²) in [6.45, 7) is 3.80. The van der Waals surface area contributed by atoms with Crippen molar-refractivity contribution < 1.29 is 4.74 Å². The molecule has 0 radical (unpaired) electrons. The molecule has 1 aromatic carbocycles. The zero-order valence-corrected chi connectivity index (χ0v) is 9.78. The van der Waals surface area contributed by atoms with Crippen LogP contribution in [0.5, 0.6) is 5.75 Å². The van der Waals surface area contributed by atoms with Crippen molar-refractivity contribution >= 4 is 0 Å². The summed E-state index contributed by atoms with van der Waals surface area (Å²) in [5.41, 5.74) is 8.87. The monoisotopic (exact) mass is 217 g/mol. The maximum absolute atomic E-state index is 6.20. The van der Waals surface area contributed by atoms with E-state index in [1.807, 2.05) is 12.1 Å². The van der Waals surface area contributed by atoms with Crippen molar-refractivity contribution in [2.45, 2.75) is 25.3 Å². The number of nitrogens with two attached hydrogens (primary N) is 1. The fraction of sp³-hybridized carbons (Fsp3) is 0.429. The third-order valence-electron chi connectivity index (χ3n) is 3.45. The largest absolute Gasteiger partial charge is 0.496 e. The Labute approximate surface area is 97.1 Å². The topological polar surface area (TPSA) is 35.2 Å². The van der Waals surface area contributed by atoms with E-state index in [4.69, 9.17) is 10.5 Å². The van der Waals surface area contributed by atoms with Crippen LogP contribution in [0, 0.1) is 5.92 Å². The van der Waals surface area contributed by atoms with Gasteiger partial charge < -0.3 is 10.5 Å². The average molecular weight is 217 g/mol. The summed E-state index contributed by atoms with van der Waals surface area (Å²) >= 11 is 0. The Kier molecular flexibility index (Phi) is 3.30. The molecule has 2 N–H and O–H groups in total. The van der Waals surface area contributed by atoms with E-state index in [1.54, 1.807) is 7.11 Å². The SMILES string of the molecule is C=CCC1Cc2cccc(OC)c2CC1N. The van der Waals surface area contributed by atoms with Crippen LogP contribution < -0.4 is 10.5 Å². The Morgan fingerprint density at radius 3 is 3.00 bits per heavy atom. The first-order valence-electron chi connectivity index (χ1n) is 5.77. The zero-order valence-electron chi connectivity index (χ0n) is 9.78. The lowest BCUT2D eigenvalue weighted by atomic mass is 9.78. The summed E-state index contributed by atoms with van der Waals surface area (Å²) in [5.74, 6) is 1.50. The fourth-order valence-electron chi connectivity index (χ4n) is 2.53. The summed E-state index contributed by atoms with van der Waals surface area (Å²) in [4.78, 5) is 0. The number of ether oxygens (including phenoxy) is 1. The summed E-state index contributed by atoms with van der Waals surface area (Å²) < 4.78 is 5.38. The number of rotatable bonds is 3. The Balaban J connectivity index is 2.30. The smallest absolute Gasteiger partial charge is 0.122 e. The van der Waals surface area contributed by atoms with Crippen molar-refractivity contribution in [3.8, 4) is 5.75 Å². The molecule has 0 fully saturated rings. The minimum absolute atomic E-state index is 0.224. The summed E-state index contributed by atoms with van der Waals surface area (Å²) in [7, 11) is 1.72. The van der Waals surface area contributed by atoms with Crippen LogP contribution in [0.2, 0.25) is 0 Å². The minimum Gasteiger partial charge on any atom is -0.496 e. The molecule has 86 valence electrons. The van der Waals surface area contributed by atoms with E-state index in [9.17, 15) is 0 Å². The maximum atomic E-state index is 6.20. The first kappa shape index (κ1) is 11.2. The van der Waals surface area contributed by atoms with Crippen LogP contribution in [0.3, 0.4) is 0 Å². The molecule has 0 saturated carbocycles. The van der Waals surface area contributed by atoms with Crippen LogP contribution in [-0.4, -0.2) is 13.2 Å². The first-order chi connectivity index (χ1) is 7.76. The molecule has 2 heteroatoms. The molecule has 0 aromatic heterocycles. The van der Waals surface area contributed by atoms with Crippen LogP contribution in [0.15, 0.2) is 30.9 Å². The molecule has 0 amide bonds. The van der Waals surface area contributed by atoms with Crippen LogP contribution in [-0.2, 0) is 12.8 Å². The van der Waals surface area contributed by atoms with Crippen LogP contribution >= 0.6 is 0 Å². The molecule has 0 bridgehead atoms. The predicted octanol–water partition coefficient (Wildman–Crippen LogP) is 2.31. The van der Waals surface area contributed by atoms with Crippen molar-refractivity contribution in [1.82, 2.24) is 0 Å². The maximum Gasteiger partial charge on any atom is 0.122 e. The third-order valence-corrected chi connectivity index (χ3v) is 3.45. The molecular weight excluding hydrogens is 198 g/mol. The highest BCUT2D eigenvalue weighted by atomic mass is 16.5. The second kappa shape index (κ2) is 4.71. The van der Waals surface area contributed by atoms with Crippen LogP contribution in [0.4, 0.5) is 0 Å². The zero-order chi connectivity index (χ0) is 11.5. The molecule has 16 heavy (non-hydrogen) atoms. The van der Waals surface area contributed by atoms with Crippen molar-refractivity contribution in [2.75, 3.05) is 7.11 Å². The van der Waals surface area contributed by atoms with E-state index in [0.717, 1.165) is 25.0 Å².